The van der Waals surface area contributed by atoms with Crippen LogP contribution < -0.4 is 29.6 Å². The second-order valence-electron chi connectivity index (χ2n) is 2.67. The van der Waals surface area contributed by atoms with Crippen LogP contribution in [-0.4, -0.2) is 5.11 Å². The number of hydrogen-bond acceptors (Lipinski definition) is 3. The number of aromatic hydroxyl groups is 1. The van der Waals surface area contributed by atoms with Gasteiger partial charge in [-0.05, 0) is 11.2 Å². The molecule has 0 unspecified atom stereocenters. The number of rotatable bonds is 1. The molecule has 0 aliphatic heterocycles. The van der Waals surface area contributed by atoms with E-state index in [0.717, 1.165) is 5.39 Å². The minimum Gasteiger partial charge on any atom is -0.506 e. The third kappa shape index (κ3) is 1.80. The van der Waals surface area contributed by atoms with Crippen molar-refractivity contribution < 1.29 is 34.7 Å². The molecule has 0 atom stereocenters. The fraction of sp³-hybridized carbons (Fsp3) is 0. The quantitative estimate of drug-likeness (QED) is 0.387. The second kappa shape index (κ2) is 4.55. The van der Waals surface area contributed by atoms with Gasteiger partial charge in [0, 0.05) is 0 Å². The van der Waals surface area contributed by atoms with E-state index in [9.17, 15) is 10.0 Å². The van der Waals surface area contributed by atoms with Gasteiger partial charge in [-0.25, -0.2) is 0 Å². The Labute approximate surface area is 103 Å². The normalized spacial score (nSPS) is 9.43. The van der Waals surface area contributed by atoms with E-state index in [1.807, 2.05) is 0 Å². The molecule has 0 aromatic heterocycles. The summed E-state index contributed by atoms with van der Waals surface area (Å²) in [6, 6.07) is 11.2. The Balaban J connectivity index is 0.000000980. The second-order valence-corrected chi connectivity index (χ2v) is 2.67. The molecule has 0 saturated heterocycles. The molecule has 2 aromatic carbocycles. The number of nitroso groups, excluding NO2 is 1. The SMILES string of the molecule is O=Nc1c(O)ccc2c[c-]ccc12.[Na+]. The Bertz CT molecular complexity index is 471. The van der Waals surface area contributed by atoms with Crippen LogP contribution in [0.3, 0.4) is 0 Å². The summed E-state index contributed by atoms with van der Waals surface area (Å²) in [5, 5.41) is 13.6. The molecule has 2 rings (SSSR count). The number of fused-ring (bicyclic) bond motifs is 1. The average Bonchev–Trinajstić information content (AvgIpc) is 2.18. The zero-order valence-corrected chi connectivity index (χ0v) is 9.69. The minimum absolute atomic E-state index is 0. The van der Waals surface area contributed by atoms with Gasteiger partial charge in [0.05, 0.1) is 0 Å². The topological polar surface area (TPSA) is 49.7 Å². The van der Waals surface area contributed by atoms with E-state index in [1.165, 1.54) is 6.07 Å². The van der Waals surface area contributed by atoms with E-state index in [4.69, 9.17) is 0 Å². The maximum absolute atomic E-state index is 10.4. The molecule has 0 aliphatic rings. The average molecular weight is 195 g/mol. The number of nitrogens with zero attached hydrogens (tertiary/aromatic N) is 1. The molecule has 1 N–H and O–H groups in total. The minimum atomic E-state index is -0.0892. The monoisotopic (exact) mass is 195 g/mol. The van der Waals surface area contributed by atoms with Crippen molar-refractivity contribution in [2.75, 3.05) is 0 Å². The van der Waals surface area contributed by atoms with Crippen molar-refractivity contribution in [1.29, 1.82) is 0 Å². The smallest absolute Gasteiger partial charge is 0.506 e. The molecule has 0 aliphatic carbocycles. The largest absolute Gasteiger partial charge is 1.00 e. The molecule has 0 amide bonds. The van der Waals surface area contributed by atoms with E-state index in [0.29, 0.717) is 5.39 Å². The first-order valence-corrected chi connectivity index (χ1v) is 3.78. The summed E-state index contributed by atoms with van der Waals surface area (Å²) in [5.74, 6) is -0.0892. The molecular formula is C10H6NNaO2. The summed E-state index contributed by atoms with van der Waals surface area (Å²) in [4.78, 5) is 10.4. The van der Waals surface area contributed by atoms with Crippen LogP contribution in [0.4, 0.5) is 5.69 Å². The van der Waals surface area contributed by atoms with E-state index in [1.54, 1.807) is 24.3 Å². The molecule has 0 radical (unpaired) electrons. The maximum Gasteiger partial charge on any atom is 1.00 e. The first-order chi connectivity index (χ1) is 6.33. The van der Waals surface area contributed by atoms with Crippen molar-refractivity contribution >= 4 is 16.5 Å². The molecule has 0 spiro atoms. The van der Waals surface area contributed by atoms with E-state index < -0.39 is 0 Å². The van der Waals surface area contributed by atoms with Crippen molar-refractivity contribution in [3.8, 4) is 5.75 Å². The maximum atomic E-state index is 10.4. The first kappa shape index (κ1) is 11.2. The van der Waals surface area contributed by atoms with Crippen LogP contribution in [0.2, 0.25) is 0 Å². The molecule has 0 fully saturated rings. The molecule has 14 heavy (non-hydrogen) atoms. The predicted molar refractivity (Wildman–Crippen MR) is 49.9 cm³/mol. The van der Waals surface area contributed by atoms with Crippen LogP contribution in [0, 0.1) is 11.0 Å². The summed E-state index contributed by atoms with van der Waals surface area (Å²) in [6.45, 7) is 0. The van der Waals surface area contributed by atoms with Crippen LogP contribution in [0.15, 0.2) is 35.5 Å². The number of phenolic OH excluding ortho intramolecular Hbond substituents is 1. The third-order valence-electron chi connectivity index (χ3n) is 1.91. The fourth-order valence-corrected chi connectivity index (χ4v) is 1.28. The summed E-state index contributed by atoms with van der Waals surface area (Å²) in [6.07, 6.45) is 0. The molecule has 0 heterocycles. The zero-order chi connectivity index (χ0) is 9.26. The number of phenols is 1. The van der Waals surface area contributed by atoms with Crippen molar-refractivity contribution in [3.05, 3.63) is 41.3 Å². The Morgan fingerprint density at radius 2 is 2.07 bits per heavy atom. The van der Waals surface area contributed by atoms with Gasteiger partial charge in [-0.1, -0.05) is 5.39 Å². The number of benzene rings is 2. The fourth-order valence-electron chi connectivity index (χ4n) is 1.28. The first-order valence-electron chi connectivity index (χ1n) is 3.78. The Hall–Kier alpha value is -0.900. The Kier molecular flexibility index (Phi) is 3.63. The summed E-state index contributed by atoms with van der Waals surface area (Å²) in [5.41, 5.74) is 0.0894. The van der Waals surface area contributed by atoms with Gasteiger partial charge < -0.3 is 5.11 Å². The van der Waals surface area contributed by atoms with E-state index >= 15 is 0 Å². The van der Waals surface area contributed by atoms with Gasteiger partial charge in [0.25, 0.3) is 0 Å². The third-order valence-corrected chi connectivity index (χ3v) is 1.91. The van der Waals surface area contributed by atoms with Crippen LogP contribution in [-0.2, 0) is 0 Å². The standard InChI is InChI=1S/C10H6NO2.Na/c12-9-6-5-7-3-1-2-4-8(7)10(9)11-13;/h2-6,12H;/q-1;+1. The molecule has 64 valence electrons. The predicted octanol–water partition coefficient (Wildman–Crippen LogP) is -0.253. The summed E-state index contributed by atoms with van der Waals surface area (Å²) in [7, 11) is 0. The van der Waals surface area contributed by atoms with Crippen molar-refractivity contribution in [1.82, 2.24) is 0 Å². The molecule has 0 bridgehead atoms. The van der Waals surface area contributed by atoms with Gasteiger partial charge in [0.1, 0.15) is 11.4 Å². The number of hydrogen-bond donors (Lipinski definition) is 1. The van der Waals surface area contributed by atoms with Crippen molar-refractivity contribution in [2.24, 2.45) is 5.18 Å². The molecule has 0 saturated carbocycles. The van der Waals surface area contributed by atoms with Gasteiger partial charge in [-0.2, -0.15) is 24.3 Å². The van der Waals surface area contributed by atoms with Gasteiger partial charge in [-0.15, -0.1) is 16.4 Å². The van der Waals surface area contributed by atoms with Gasteiger partial charge in [0.15, 0.2) is 0 Å². The Morgan fingerprint density at radius 3 is 2.79 bits per heavy atom. The zero-order valence-electron chi connectivity index (χ0n) is 7.69. The van der Waals surface area contributed by atoms with Crippen LogP contribution in [0.1, 0.15) is 0 Å². The van der Waals surface area contributed by atoms with Crippen LogP contribution in [0.5, 0.6) is 5.75 Å². The van der Waals surface area contributed by atoms with Crippen molar-refractivity contribution in [3.63, 3.8) is 0 Å². The molecule has 2 aromatic rings. The van der Waals surface area contributed by atoms with Gasteiger partial charge in [-0.3, -0.25) is 0 Å². The van der Waals surface area contributed by atoms with Crippen molar-refractivity contribution in [2.45, 2.75) is 0 Å². The molecular weight excluding hydrogens is 189 g/mol. The van der Waals surface area contributed by atoms with Gasteiger partial charge >= 0.3 is 29.6 Å². The van der Waals surface area contributed by atoms with Crippen LogP contribution >= 0.6 is 0 Å². The Morgan fingerprint density at radius 1 is 1.29 bits per heavy atom. The summed E-state index contributed by atoms with van der Waals surface area (Å²) >= 11 is 0. The van der Waals surface area contributed by atoms with E-state index in [-0.39, 0.29) is 41.0 Å². The van der Waals surface area contributed by atoms with E-state index in [2.05, 4.69) is 11.2 Å². The van der Waals surface area contributed by atoms with Crippen LogP contribution in [0.25, 0.3) is 10.8 Å². The van der Waals surface area contributed by atoms with Gasteiger partial charge in [0.2, 0.25) is 0 Å². The molecule has 4 heteroatoms. The summed E-state index contributed by atoms with van der Waals surface area (Å²) < 4.78 is 0. The molecule has 3 nitrogen and oxygen atoms in total.